The molecule has 1 fully saturated rings. The largest absolute Gasteiger partial charge is 0.339 e. The molecule has 3 heterocycles. The van der Waals surface area contributed by atoms with Crippen molar-refractivity contribution in [3.8, 4) is 5.69 Å². The molecule has 2 amide bonds. The maximum Gasteiger partial charge on any atom is 0.257 e. The van der Waals surface area contributed by atoms with Gasteiger partial charge in [-0.25, -0.2) is 4.68 Å². The number of halogens is 2. The van der Waals surface area contributed by atoms with Gasteiger partial charge >= 0.3 is 0 Å². The molecule has 0 atom stereocenters. The van der Waals surface area contributed by atoms with Gasteiger partial charge in [0.1, 0.15) is 12.3 Å². The zero-order chi connectivity index (χ0) is 30.7. The standard InChI is InChI=1S/C32H35ClN6O4.ClH/c1-4-5-30(41)27-17-34-39(22(27)3)25-9-7-24(8-10-25)35-32(43)28-19-38(29-11-6-23(33)16-26(28)29)20-31(42)37-14-12-36(13-15-37)18-21(2)40;/h6-11,16-17,19H,4-5,12-15,18,20H2,1-3H3,(H,35,43);1H. The van der Waals surface area contributed by atoms with Gasteiger partial charge in [-0.3, -0.25) is 24.1 Å². The molecule has 232 valence electrons. The van der Waals surface area contributed by atoms with Gasteiger partial charge in [0.05, 0.1) is 35.2 Å². The van der Waals surface area contributed by atoms with Crippen molar-refractivity contribution in [1.82, 2.24) is 24.1 Å². The molecule has 44 heavy (non-hydrogen) atoms. The Morgan fingerprint density at radius 2 is 1.66 bits per heavy atom. The fourth-order valence-electron chi connectivity index (χ4n) is 5.49. The van der Waals surface area contributed by atoms with Crippen molar-refractivity contribution in [2.24, 2.45) is 0 Å². The lowest BCUT2D eigenvalue weighted by Gasteiger charge is -2.34. The van der Waals surface area contributed by atoms with E-state index >= 15 is 0 Å². The average molecular weight is 640 g/mol. The first kappa shape index (κ1) is 32.9. The summed E-state index contributed by atoms with van der Waals surface area (Å²) in [4.78, 5) is 54.3. The van der Waals surface area contributed by atoms with Crippen molar-refractivity contribution >= 4 is 64.0 Å². The second-order valence-electron chi connectivity index (χ2n) is 10.9. The molecule has 1 aliphatic heterocycles. The van der Waals surface area contributed by atoms with E-state index in [1.165, 1.54) is 0 Å². The number of piperazine rings is 1. The highest BCUT2D eigenvalue weighted by atomic mass is 35.5. The Morgan fingerprint density at radius 1 is 0.955 bits per heavy atom. The Balaban J connectivity index is 0.00000442. The van der Waals surface area contributed by atoms with E-state index < -0.39 is 0 Å². The Kier molecular flexibility index (Phi) is 10.6. The van der Waals surface area contributed by atoms with Crippen LogP contribution in [-0.2, 0) is 16.1 Å². The van der Waals surface area contributed by atoms with Crippen LogP contribution in [-0.4, -0.2) is 80.3 Å². The first-order valence-corrected chi connectivity index (χ1v) is 14.8. The maximum absolute atomic E-state index is 13.5. The lowest BCUT2D eigenvalue weighted by molar-refractivity contribution is -0.133. The van der Waals surface area contributed by atoms with Crippen LogP contribution in [0.15, 0.2) is 54.9 Å². The summed E-state index contributed by atoms with van der Waals surface area (Å²) in [5.74, 6) is -0.193. The second-order valence-corrected chi connectivity index (χ2v) is 11.4. The first-order valence-electron chi connectivity index (χ1n) is 14.4. The van der Waals surface area contributed by atoms with E-state index in [0.717, 1.165) is 23.3 Å². The Morgan fingerprint density at radius 3 is 2.32 bits per heavy atom. The lowest BCUT2D eigenvalue weighted by Crippen LogP contribution is -2.50. The Bertz CT molecular complexity index is 1690. The number of hydrogen-bond acceptors (Lipinski definition) is 6. The van der Waals surface area contributed by atoms with E-state index in [0.29, 0.717) is 66.4 Å². The molecule has 1 N–H and O–H groups in total. The van der Waals surface area contributed by atoms with E-state index in [-0.39, 0.29) is 42.3 Å². The van der Waals surface area contributed by atoms with Gasteiger partial charge in [0, 0.05) is 60.4 Å². The number of anilines is 1. The number of rotatable bonds is 10. The zero-order valence-electron chi connectivity index (χ0n) is 25.0. The molecule has 10 nitrogen and oxygen atoms in total. The van der Waals surface area contributed by atoms with E-state index in [9.17, 15) is 19.2 Å². The van der Waals surface area contributed by atoms with Crippen LogP contribution in [0.5, 0.6) is 0 Å². The fourth-order valence-corrected chi connectivity index (χ4v) is 5.66. The minimum absolute atomic E-state index is 0. The number of Topliss-reactive ketones (excluding diaryl/α,β-unsaturated/α-hetero) is 2. The molecule has 0 radical (unpaired) electrons. The number of hydrogen-bond donors (Lipinski definition) is 1. The number of ketones is 2. The number of aromatic nitrogens is 3. The minimum Gasteiger partial charge on any atom is -0.339 e. The molecule has 1 aliphatic rings. The van der Waals surface area contributed by atoms with Gasteiger partial charge in [-0.2, -0.15) is 5.10 Å². The molecule has 0 aliphatic carbocycles. The van der Waals surface area contributed by atoms with Crippen LogP contribution in [0.2, 0.25) is 5.02 Å². The summed E-state index contributed by atoms with van der Waals surface area (Å²) < 4.78 is 3.50. The fraction of sp³-hybridized carbons (Fsp3) is 0.344. The smallest absolute Gasteiger partial charge is 0.257 e. The summed E-state index contributed by atoms with van der Waals surface area (Å²) in [6, 6.07) is 12.5. The van der Waals surface area contributed by atoms with Crippen molar-refractivity contribution in [2.45, 2.75) is 40.2 Å². The van der Waals surface area contributed by atoms with Crippen LogP contribution < -0.4 is 5.32 Å². The van der Waals surface area contributed by atoms with Gasteiger partial charge in [-0.05, 0) is 62.7 Å². The van der Waals surface area contributed by atoms with Gasteiger partial charge in [0.2, 0.25) is 5.91 Å². The number of nitrogens with one attached hydrogen (secondary N) is 1. The minimum atomic E-state index is -0.327. The number of fused-ring (bicyclic) bond motifs is 1. The van der Waals surface area contributed by atoms with Crippen molar-refractivity contribution in [3.05, 3.63) is 76.7 Å². The monoisotopic (exact) mass is 638 g/mol. The van der Waals surface area contributed by atoms with Crippen molar-refractivity contribution < 1.29 is 19.2 Å². The highest BCUT2D eigenvalue weighted by Gasteiger charge is 2.24. The van der Waals surface area contributed by atoms with Crippen LogP contribution in [0.3, 0.4) is 0 Å². The zero-order valence-corrected chi connectivity index (χ0v) is 26.6. The van der Waals surface area contributed by atoms with Crippen LogP contribution in [0.25, 0.3) is 16.6 Å². The summed E-state index contributed by atoms with van der Waals surface area (Å²) in [7, 11) is 0. The lowest BCUT2D eigenvalue weighted by atomic mass is 10.1. The number of carbonyl (C=O) groups is 4. The third-order valence-corrected chi connectivity index (χ3v) is 7.96. The summed E-state index contributed by atoms with van der Waals surface area (Å²) in [5, 5.41) is 8.48. The average Bonchev–Trinajstić information content (AvgIpc) is 3.53. The van der Waals surface area contributed by atoms with Crippen LogP contribution in [0, 0.1) is 6.92 Å². The molecular formula is C32H36Cl2N6O4. The van der Waals surface area contributed by atoms with Gasteiger partial charge in [-0.1, -0.05) is 18.5 Å². The number of amides is 2. The van der Waals surface area contributed by atoms with Gasteiger partial charge in [0.25, 0.3) is 5.91 Å². The topological polar surface area (TPSA) is 110 Å². The summed E-state index contributed by atoms with van der Waals surface area (Å²) >= 11 is 6.29. The molecule has 2 aromatic carbocycles. The third-order valence-electron chi connectivity index (χ3n) is 7.72. The van der Waals surface area contributed by atoms with Crippen LogP contribution >= 0.6 is 24.0 Å². The highest BCUT2D eigenvalue weighted by molar-refractivity contribution is 6.31. The van der Waals surface area contributed by atoms with E-state index in [2.05, 4.69) is 15.3 Å². The van der Waals surface area contributed by atoms with Crippen LogP contribution in [0.4, 0.5) is 5.69 Å². The van der Waals surface area contributed by atoms with Crippen molar-refractivity contribution in [1.29, 1.82) is 0 Å². The first-order chi connectivity index (χ1) is 20.6. The van der Waals surface area contributed by atoms with Gasteiger partial charge in [0.15, 0.2) is 5.78 Å². The quantitative estimate of drug-likeness (QED) is 0.240. The van der Waals surface area contributed by atoms with Gasteiger partial charge in [-0.15, -0.1) is 12.4 Å². The normalized spacial score (nSPS) is 13.5. The Hall–Kier alpha value is -3.99. The molecule has 0 bridgehead atoms. The van der Waals surface area contributed by atoms with Crippen molar-refractivity contribution in [2.75, 3.05) is 38.0 Å². The van der Waals surface area contributed by atoms with Crippen LogP contribution in [0.1, 0.15) is 53.1 Å². The predicted molar refractivity (Wildman–Crippen MR) is 173 cm³/mol. The SMILES string of the molecule is CCCC(=O)c1cnn(-c2ccc(NC(=O)c3cn(CC(=O)N4CCN(CC(C)=O)CC4)c4ccc(Cl)cc34)cc2)c1C.Cl. The molecule has 0 spiro atoms. The molecule has 12 heteroatoms. The summed E-state index contributed by atoms with van der Waals surface area (Å²) in [6.07, 6.45) is 4.55. The van der Waals surface area contributed by atoms with Crippen molar-refractivity contribution in [3.63, 3.8) is 0 Å². The second kappa shape index (κ2) is 14.2. The van der Waals surface area contributed by atoms with E-state index in [1.807, 2.05) is 32.0 Å². The Labute approximate surface area is 267 Å². The van der Waals surface area contributed by atoms with Gasteiger partial charge < -0.3 is 14.8 Å². The third kappa shape index (κ3) is 7.20. The predicted octanol–water partition coefficient (Wildman–Crippen LogP) is 5.18. The molecule has 2 aromatic heterocycles. The molecular weight excluding hydrogens is 603 g/mol. The molecule has 0 saturated carbocycles. The maximum atomic E-state index is 13.5. The summed E-state index contributed by atoms with van der Waals surface area (Å²) in [5.41, 5.74) is 3.88. The molecule has 5 rings (SSSR count). The van der Waals surface area contributed by atoms with E-state index in [1.54, 1.807) is 57.7 Å². The molecule has 1 saturated heterocycles. The number of benzene rings is 2. The molecule has 4 aromatic rings. The number of nitrogens with zero attached hydrogens (tertiary/aromatic N) is 5. The highest BCUT2D eigenvalue weighted by Crippen LogP contribution is 2.27. The number of carbonyl (C=O) groups excluding carboxylic acids is 4. The molecule has 0 unspecified atom stereocenters. The van der Waals surface area contributed by atoms with E-state index in [4.69, 9.17) is 11.6 Å². The summed E-state index contributed by atoms with van der Waals surface area (Å²) in [6.45, 7) is 8.29.